The minimum Gasteiger partial charge on any atom is -0.506 e. The van der Waals surface area contributed by atoms with E-state index >= 15 is 0 Å². The number of amides is 1. The molecule has 0 spiro atoms. The van der Waals surface area contributed by atoms with Gasteiger partial charge in [-0.05, 0) is 80.1 Å². The van der Waals surface area contributed by atoms with Gasteiger partial charge in [0, 0.05) is 29.1 Å². The average molecular weight is 883 g/mol. The van der Waals surface area contributed by atoms with Crippen LogP contribution in [0.1, 0.15) is 12.6 Å². The number of carbonyl (C=O) groups excluding carboxylic acids is 1. The first-order valence-electron chi connectivity index (χ1n) is 16.3. The average Bonchev–Trinajstić information content (AvgIpc) is 3.46. The second kappa shape index (κ2) is 20.0. The zero-order chi connectivity index (χ0) is 40.8. The first-order valence-corrected chi connectivity index (χ1v) is 19.2. The molecule has 0 saturated heterocycles. The first kappa shape index (κ1) is 47.1. The van der Waals surface area contributed by atoms with Crippen LogP contribution in [0.2, 0.25) is 0 Å². The van der Waals surface area contributed by atoms with Crippen molar-refractivity contribution in [2.45, 2.75) is 23.6 Å². The Bertz CT molecular complexity index is 2800. The number of nitrogens with zero attached hydrogens (tertiary/aromatic N) is 6. The van der Waals surface area contributed by atoms with Gasteiger partial charge in [0.05, 0.1) is 21.2 Å². The Morgan fingerprint density at radius 3 is 1.84 bits per heavy atom. The molecule has 0 fully saturated rings. The number of rotatable bonds is 10. The maximum absolute atomic E-state index is 12.5. The van der Waals surface area contributed by atoms with Crippen LogP contribution in [-0.4, -0.2) is 61.9 Å². The molecule has 18 nitrogen and oxygen atoms in total. The van der Waals surface area contributed by atoms with Gasteiger partial charge in [0.15, 0.2) is 0 Å². The Morgan fingerprint density at radius 2 is 1.29 bits per heavy atom. The fraction of sp³-hybridized carbons (Fsp3) is 0.111. The van der Waals surface area contributed by atoms with Gasteiger partial charge in [0.2, 0.25) is 26.0 Å². The van der Waals surface area contributed by atoms with Crippen molar-refractivity contribution in [3.05, 3.63) is 113 Å². The van der Waals surface area contributed by atoms with E-state index < -0.39 is 25.6 Å². The van der Waals surface area contributed by atoms with E-state index in [0.717, 1.165) is 12.1 Å². The van der Waals surface area contributed by atoms with Crippen molar-refractivity contribution in [2.24, 2.45) is 20.5 Å². The predicted molar refractivity (Wildman–Crippen MR) is 207 cm³/mol. The summed E-state index contributed by atoms with van der Waals surface area (Å²) in [7, 11) is -4.92. The minimum absolute atomic E-state index is 0. The molecule has 0 unspecified atom stereocenters. The van der Waals surface area contributed by atoms with Crippen LogP contribution in [-0.2, 0) is 41.6 Å². The number of hydrogen-bond donors (Lipinski definition) is 6. The molecule has 0 aliphatic heterocycles. The van der Waals surface area contributed by atoms with Crippen molar-refractivity contribution in [1.82, 2.24) is 19.2 Å². The van der Waals surface area contributed by atoms with Crippen molar-refractivity contribution in [2.75, 3.05) is 19.4 Å². The number of fused-ring (bicyclic) bond motifs is 1. The number of benzene rings is 5. The van der Waals surface area contributed by atoms with Crippen LogP contribution in [0, 0.1) is 6.92 Å². The van der Waals surface area contributed by atoms with E-state index in [2.05, 4.69) is 40.3 Å². The monoisotopic (exact) mass is 882 g/mol. The van der Waals surface area contributed by atoms with Gasteiger partial charge >= 0.3 is 29.6 Å². The van der Waals surface area contributed by atoms with Crippen LogP contribution < -0.4 is 49.9 Å². The summed E-state index contributed by atoms with van der Waals surface area (Å²) in [5.41, 5.74) is 0.764. The molecule has 0 aliphatic rings. The van der Waals surface area contributed by atoms with Gasteiger partial charge in [0.25, 0.3) is 0 Å². The Hall–Kier alpha value is -5.23. The number of anilines is 1. The summed E-state index contributed by atoms with van der Waals surface area (Å²) in [6.45, 7) is 2.96. The Kier molecular flexibility index (Phi) is 16.2. The molecule has 1 radical (unpaired) electrons. The maximum Gasteiger partial charge on any atom is 1.00 e. The number of nitrogens with one attached hydrogen (secondary N) is 3. The Balaban J connectivity index is 0.000000301. The van der Waals surface area contributed by atoms with E-state index in [1.807, 2.05) is 6.07 Å². The largest absolute Gasteiger partial charge is 1.00 e. The van der Waals surface area contributed by atoms with Crippen molar-refractivity contribution in [3.8, 4) is 22.9 Å². The summed E-state index contributed by atoms with van der Waals surface area (Å²) in [6, 6.07) is 24.2. The molecule has 1 aromatic heterocycles. The van der Waals surface area contributed by atoms with E-state index in [9.17, 15) is 41.7 Å². The number of hydrogen-bond acceptors (Lipinski definition) is 14. The van der Waals surface area contributed by atoms with Gasteiger partial charge < -0.3 is 30.5 Å². The van der Waals surface area contributed by atoms with Crippen molar-refractivity contribution < 1.29 is 83.3 Å². The van der Waals surface area contributed by atoms with Crippen LogP contribution in [0.15, 0.2) is 132 Å². The predicted octanol–water partition coefficient (Wildman–Crippen LogP) is 2.82. The molecule has 0 atom stereocenters. The molecule has 58 heavy (non-hydrogen) atoms. The third kappa shape index (κ3) is 10.8. The molecule has 0 saturated carbocycles. The molecule has 0 bridgehead atoms. The maximum atomic E-state index is 12.5. The second-order valence-electron chi connectivity index (χ2n) is 11.6. The molecule has 6 rings (SSSR count). The molecule has 1 heterocycles. The number of aromatic hydroxyl groups is 3. The molecule has 5 aromatic carbocycles. The van der Waals surface area contributed by atoms with E-state index in [1.165, 1.54) is 56.0 Å². The Labute approximate surface area is 364 Å². The normalized spacial score (nSPS) is 11.4. The number of sulfonamides is 2. The van der Waals surface area contributed by atoms with Crippen LogP contribution in [0.25, 0.3) is 16.5 Å². The number of aromatic nitrogens is 2. The molecular weight excluding hydrogens is 849 g/mol. The number of phenols is 3. The van der Waals surface area contributed by atoms with Crippen LogP contribution in [0.5, 0.6) is 17.2 Å². The standard InChI is InChI=1S/C19H18N4O5S.C17H16N5O4S.Co.Na/c1-11(24)21-14-5-3-4-12-6-8-17(26)19(18(12)14)23-22-15-10-13(7-9-16(15)25)29(27,28)20-2;1-11-16(17(24)22(21-11)12-6-4-3-5-7-12)20-19-14-10-13(8-9-15(14)23)27(25,26)18-2;;/h3-10,20,25-26H,1-2H3,(H,21,24);3-10,18,23H,1-2H3;;/q;-1;;+1. The zero-order valence-electron chi connectivity index (χ0n) is 31.4. The van der Waals surface area contributed by atoms with Crippen LogP contribution >= 0.6 is 0 Å². The molecule has 6 aromatic rings. The van der Waals surface area contributed by atoms with E-state index in [-0.39, 0.29) is 102 Å². The summed E-state index contributed by atoms with van der Waals surface area (Å²) < 4.78 is 53.2. The zero-order valence-corrected chi connectivity index (χ0v) is 36.0. The topological polar surface area (TPSA) is 266 Å². The minimum atomic E-state index is -3.74. The van der Waals surface area contributed by atoms with Crippen molar-refractivity contribution in [3.63, 3.8) is 0 Å². The van der Waals surface area contributed by atoms with Crippen molar-refractivity contribution in [1.29, 1.82) is 0 Å². The van der Waals surface area contributed by atoms with Crippen LogP contribution in [0.3, 0.4) is 0 Å². The van der Waals surface area contributed by atoms with Crippen molar-refractivity contribution >= 4 is 65.2 Å². The summed E-state index contributed by atoms with van der Waals surface area (Å²) in [5, 5.41) is 53.9. The molecule has 1 amide bonds. The van der Waals surface area contributed by atoms with Gasteiger partial charge in [0.1, 0.15) is 39.9 Å². The third-order valence-corrected chi connectivity index (χ3v) is 10.7. The second-order valence-corrected chi connectivity index (χ2v) is 15.4. The number of azo groups is 2. The summed E-state index contributed by atoms with van der Waals surface area (Å²) in [4.78, 5) is 23.9. The van der Waals surface area contributed by atoms with Gasteiger partial charge in [-0.25, -0.2) is 36.1 Å². The molecule has 22 heteroatoms. The van der Waals surface area contributed by atoms with Gasteiger partial charge in [-0.3, -0.25) is 4.79 Å². The third-order valence-electron chi connectivity index (χ3n) is 7.86. The molecular formula is C36H34CoN9NaO9S2. The molecule has 6 N–H and O–H groups in total. The summed E-state index contributed by atoms with van der Waals surface area (Å²) >= 11 is 0. The van der Waals surface area contributed by atoms with E-state index in [1.54, 1.807) is 55.5 Å². The Morgan fingerprint density at radius 1 is 0.741 bits per heavy atom. The quantitative estimate of drug-likeness (QED) is 0.0666. The van der Waals surface area contributed by atoms with Gasteiger partial charge in [-0.15, -0.1) is 15.9 Å². The summed E-state index contributed by atoms with van der Waals surface area (Å²) in [6.07, 6.45) is 0. The number of aryl methyl sites for hydroxylation is 1. The SMILES string of the molecule is CNS(=O)(=O)c1ccc(O)c(N=N[c-]2c(C)nn(-c3ccccc3)c2=O)c1.CNS(=O)(=O)c1ccc(O)c(N=Nc2c(O)ccc3cccc(NC(C)=O)c23)c1.[Co].[Na+]. The number of para-hydroxylation sites is 1. The fourth-order valence-corrected chi connectivity index (χ4v) is 6.55. The number of phenolic OH excluding ortho intramolecular Hbond substituents is 3. The van der Waals surface area contributed by atoms with E-state index in [4.69, 9.17) is 0 Å². The van der Waals surface area contributed by atoms with Crippen LogP contribution in [0.4, 0.5) is 28.4 Å². The van der Waals surface area contributed by atoms with Gasteiger partial charge in [-0.1, -0.05) is 49.0 Å². The molecule has 299 valence electrons. The molecule has 0 aliphatic carbocycles. The fourth-order valence-electron chi connectivity index (χ4n) is 5.05. The summed E-state index contributed by atoms with van der Waals surface area (Å²) in [5.74, 6) is -1.05. The number of carbonyl (C=O) groups is 1. The van der Waals surface area contributed by atoms with Gasteiger partial charge in [-0.2, -0.15) is 5.11 Å². The van der Waals surface area contributed by atoms with E-state index in [0.29, 0.717) is 27.8 Å². The smallest absolute Gasteiger partial charge is 0.506 e. The first-order chi connectivity index (χ1) is 26.6.